The van der Waals surface area contributed by atoms with Crippen LogP contribution in [0, 0.1) is 11.6 Å². The van der Waals surface area contributed by atoms with Gasteiger partial charge in [0, 0.05) is 12.1 Å². The lowest BCUT2D eigenvalue weighted by atomic mass is 9.98. The van der Waals surface area contributed by atoms with Gasteiger partial charge in [-0.3, -0.25) is 4.79 Å². The van der Waals surface area contributed by atoms with Crippen LogP contribution < -0.4 is 15.8 Å². The van der Waals surface area contributed by atoms with Crippen LogP contribution in [-0.4, -0.2) is 18.6 Å². The van der Waals surface area contributed by atoms with Gasteiger partial charge in [-0.05, 0) is 30.3 Å². The highest BCUT2D eigenvalue weighted by atomic mass is 35.5. The number of hydrogen-bond acceptors (Lipinski definition) is 4. The average molecular weight is 383 g/mol. The number of anilines is 1. The zero-order valence-corrected chi connectivity index (χ0v) is 14.0. The van der Waals surface area contributed by atoms with Gasteiger partial charge in [0.1, 0.15) is 23.5 Å². The van der Waals surface area contributed by atoms with E-state index in [2.05, 4.69) is 5.32 Å². The quantitative estimate of drug-likeness (QED) is 0.845. The Balaban J connectivity index is 1.94. The van der Waals surface area contributed by atoms with Crippen molar-refractivity contribution < 1.29 is 27.8 Å². The molecule has 0 saturated heterocycles. The van der Waals surface area contributed by atoms with Crippen molar-refractivity contribution in [1.29, 1.82) is 0 Å². The second-order valence-corrected chi connectivity index (χ2v) is 5.89. The molecule has 2 aromatic rings. The highest BCUT2D eigenvalue weighted by molar-refractivity contribution is 6.31. The van der Waals surface area contributed by atoms with Gasteiger partial charge in [-0.2, -0.15) is 0 Å². The minimum atomic E-state index is -1.06. The fraction of sp³-hybridized carbons (Fsp3) is 0.176. The minimum absolute atomic E-state index is 0.0274. The number of carbonyl (C=O) groups excluding carboxylic acids is 2. The topological polar surface area (TPSA) is 90.7 Å². The summed E-state index contributed by atoms with van der Waals surface area (Å²) in [5.74, 6) is -1.97. The smallest absolute Gasteiger partial charge is 0.405 e. The number of hydrogen-bond donors (Lipinski definition) is 2. The van der Waals surface area contributed by atoms with Gasteiger partial charge in [-0.15, -0.1) is 0 Å². The van der Waals surface area contributed by atoms with E-state index >= 15 is 0 Å². The number of ether oxygens (including phenoxy) is 2. The van der Waals surface area contributed by atoms with Crippen molar-refractivity contribution in [2.45, 2.75) is 12.5 Å². The summed E-state index contributed by atoms with van der Waals surface area (Å²) in [4.78, 5) is 23.6. The number of rotatable bonds is 3. The highest BCUT2D eigenvalue weighted by Gasteiger charge is 2.31. The van der Waals surface area contributed by atoms with Crippen LogP contribution in [0.1, 0.15) is 28.4 Å². The molecule has 1 atom stereocenters. The van der Waals surface area contributed by atoms with E-state index < -0.39 is 29.7 Å². The SMILES string of the molecule is NC(=O)OC1CCOc2c(C(=O)Nc3ccc(F)c(Cl)c3)ccc(F)c21. The first kappa shape index (κ1) is 17.9. The van der Waals surface area contributed by atoms with E-state index in [0.29, 0.717) is 0 Å². The van der Waals surface area contributed by atoms with E-state index in [4.69, 9.17) is 26.8 Å². The third kappa shape index (κ3) is 3.55. The number of primary amides is 1. The van der Waals surface area contributed by atoms with Gasteiger partial charge in [0.2, 0.25) is 0 Å². The molecule has 0 radical (unpaired) electrons. The summed E-state index contributed by atoms with van der Waals surface area (Å²) in [5, 5.41) is 2.37. The number of fused-ring (bicyclic) bond motifs is 1. The van der Waals surface area contributed by atoms with Crippen molar-refractivity contribution in [3.8, 4) is 5.75 Å². The monoisotopic (exact) mass is 382 g/mol. The normalized spacial score (nSPS) is 15.6. The zero-order chi connectivity index (χ0) is 18.8. The maximum Gasteiger partial charge on any atom is 0.405 e. The number of nitrogens with two attached hydrogens (primary N) is 1. The summed E-state index contributed by atoms with van der Waals surface area (Å²) in [5.41, 5.74) is 5.23. The molecule has 2 aromatic carbocycles. The van der Waals surface area contributed by atoms with E-state index in [9.17, 15) is 18.4 Å². The van der Waals surface area contributed by atoms with Crippen molar-refractivity contribution >= 4 is 29.3 Å². The molecule has 1 aliphatic heterocycles. The minimum Gasteiger partial charge on any atom is -0.492 e. The Hall–Kier alpha value is -2.87. The summed E-state index contributed by atoms with van der Waals surface area (Å²) < 4.78 is 37.8. The fourth-order valence-corrected chi connectivity index (χ4v) is 2.83. The zero-order valence-electron chi connectivity index (χ0n) is 13.2. The summed E-state index contributed by atoms with van der Waals surface area (Å²) in [6.45, 7) is 0.108. The van der Waals surface area contributed by atoms with Gasteiger partial charge < -0.3 is 20.5 Å². The molecule has 3 N–H and O–H groups in total. The van der Waals surface area contributed by atoms with Crippen LogP contribution in [0.3, 0.4) is 0 Å². The lowest BCUT2D eigenvalue weighted by molar-refractivity contribution is 0.0731. The third-order valence-electron chi connectivity index (χ3n) is 3.77. The summed E-state index contributed by atoms with van der Waals surface area (Å²) >= 11 is 5.69. The standard InChI is InChI=1S/C17H13ClF2N2O4/c18-10-7-8(1-3-11(10)19)22-16(23)9-2-4-12(20)14-13(26-17(21)24)5-6-25-15(9)14/h1-4,7,13H,5-6H2,(H2,21,24)(H,22,23). The van der Waals surface area contributed by atoms with Gasteiger partial charge in [0.05, 0.1) is 22.8 Å². The number of carbonyl (C=O) groups is 2. The molecule has 3 rings (SSSR count). The molecule has 1 heterocycles. The number of amides is 2. The molecule has 6 nitrogen and oxygen atoms in total. The first-order valence-corrected chi connectivity index (χ1v) is 7.92. The van der Waals surface area contributed by atoms with Gasteiger partial charge in [0.25, 0.3) is 5.91 Å². The summed E-state index contributed by atoms with van der Waals surface area (Å²) in [7, 11) is 0. The second kappa shape index (κ2) is 7.17. The molecule has 0 fully saturated rings. The van der Waals surface area contributed by atoms with E-state index in [-0.39, 0.29) is 40.6 Å². The van der Waals surface area contributed by atoms with Crippen molar-refractivity contribution in [2.24, 2.45) is 5.73 Å². The number of halogens is 3. The average Bonchev–Trinajstić information content (AvgIpc) is 2.58. The fourth-order valence-electron chi connectivity index (χ4n) is 2.65. The van der Waals surface area contributed by atoms with Crippen LogP contribution in [0.5, 0.6) is 5.75 Å². The largest absolute Gasteiger partial charge is 0.492 e. The lowest BCUT2D eigenvalue weighted by Crippen LogP contribution is -2.25. The summed E-state index contributed by atoms with van der Waals surface area (Å²) in [6.07, 6.45) is -1.81. The van der Waals surface area contributed by atoms with Gasteiger partial charge in [-0.1, -0.05) is 11.6 Å². The van der Waals surface area contributed by atoms with Crippen molar-refractivity contribution in [2.75, 3.05) is 11.9 Å². The predicted octanol–water partition coefficient (Wildman–Crippen LogP) is 3.79. The molecule has 0 aliphatic carbocycles. The molecule has 136 valence electrons. The van der Waals surface area contributed by atoms with Gasteiger partial charge in [0.15, 0.2) is 0 Å². The van der Waals surface area contributed by atoms with Crippen molar-refractivity contribution in [1.82, 2.24) is 0 Å². The van der Waals surface area contributed by atoms with Crippen LogP contribution >= 0.6 is 11.6 Å². The van der Waals surface area contributed by atoms with Gasteiger partial charge >= 0.3 is 6.09 Å². The van der Waals surface area contributed by atoms with E-state index in [1.54, 1.807) is 0 Å². The molecule has 9 heteroatoms. The first-order valence-electron chi connectivity index (χ1n) is 7.54. The van der Waals surface area contributed by atoms with Crippen LogP contribution in [-0.2, 0) is 4.74 Å². The highest BCUT2D eigenvalue weighted by Crippen LogP contribution is 2.39. The van der Waals surface area contributed by atoms with Crippen molar-refractivity contribution in [3.05, 3.63) is 58.1 Å². The molecule has 0 bridgehead atoms. The Labute approximate surface area is 151 Å². The van der Waals surface area contributed by atoms with Crippen LogP contribution in [0.25, 0.3) is 0 Å². The number of benzene rings is 2. The molecule has 0 aromatic heterocycles. The van der Waals surface area contributed by atoms with Crippen LogP contribution in [0.15, 0.2) is 30.3 Å². The Morgan fingerprint density at radius 2 is 1.96 bits per heavy atom. The molecular weight excluding hydrogens is 370 g/mol. The molecule has 1 unspecified atom stereocenters. The Morgan fingerprint density at radius 1 is 1.23 bits per heavy atom. The maximum absolute atomic E-state index is 14.2. The predicted molar refractivity (Wildman–Crippen MR) is 89.3 cm³/mol. The Kier molecular flexibility index (Phi) is 4.94. The number of nitrogens with one attached hydrogen (secondary N) is 1. The van der Waals surface area contributed by atoms with Gasteiger partial charge in [-0.25, -0.2) is 13.6 Å². The molecular formula is C17H13ClF2N2O4. The van der Waals surface area contributed by atoms with E-state index in [0.717, 1.165) is 12.1 Å². The first-order chi connectivity index (χ1) is 12.4. The van der Waals surface area contributed by atoms with E-state index in [1.807, 2.05) is 0 Å². The van der Waals surface area contributed by atoms with Crippen molar-refractivity contribution in [3.63, 3.8) is 0 Å². The third-order valence-corrected chi connectivity index (χ3v) is 4.06. The summed E-state index contributed by atoms with van der Waals surface area (Å²) in [6, 6.07) is 5.98. The Morgan fingerprint density at radius 3 is 2.65 bits per heavy atom. The Bertz CT molecular complexity index is 891. The van der Waals surface area contributed by atoms with Crippen LogP contribution in [0.4, 0.5) is 19.3 Å². The molecule has 0 spiro atoms. The molecule has 26 heavy (non-hydrogen) atoms. The maximum atomic E-state index is 14.2. The molecule has 1 aliphatic rings. The van der Waals surface area contributed by atoms with Crippen LogP contribution in [0.2, 0.25) is 5.02 Å². The molecule has 2 amide bonds. The molecule has 0 saturated carbocycles. The lowest BCUT2D eigenvalue weighted by Gasteiger charge is -2.27. The second-order valence-electron chi connectivity index (χ2n) is 5.48. The van der Waals surface area contributed by atoms with E-state index in [1.165, 1.54) is 18.2 Å².